The van der Waals surface area contributed by atoms with Gasteiger partial charge in [-0.05, 0) is 12.1 Å². The fourth-order valence-corrected chi connectivity index (χ4v) is 3.73. The van der Waals surface area contributed by atoms with Gasteiger partial charge in [0.05, 0.1) is 16.8 Å². The molecule has 25 heavy (non-hydrogen) atoms. The summed E-state index contributed by atoms with van der Waals surface area (Å²) in [5.41, 5.74) is 0.351. The molecule has 1 aliphatic heterocycles. The van der Waals surface area contributed by atoms with E-state index in [1.165, 1.54) is 24.5 Å². The van der Waals surface area contributed by atoms with E-state index in [0.717, 1.165) is 4.90 Å². The normalized spacial score (nSPS) is 15.6. The summed E-state index contributed by atoms with van der Waals surface area (Å²) in [6, 6.07) is 4.66. The molecule has 0 N–H and O–H groups in total. The minimum atomic E-state index is -0.623. The summed E-state index contributed by atoms with van der Waals surface area (Å²) >= 11 is 1.17. The summed E-state index contributed by atoms with van der Waals surface area (Å²) in [6.45, 7) is 0.258. The summed E-state index contributed by atoms with van der Waals surface area (Å²) in [6.07, 6.45) is 0.238. The molecule has 9 heteroatoms. The van der Waals surface area contributed by atoms with Crippen molar-refractivity contribution in [2.75, 3.05) is 20.3 Å². The van der Waals surface area contributed by atoms with Gasteiger partial charge in [-0.15, -0.1) is 0 Å². The monoisotopic (exact) mass is 365 g/mol. The second-order valence-electron chi connectivity index (χ2n) is 5.49. The number of thiazole rings is 1. The van der Waals surface area contributed by atoms with Gasteiger partial charge in [-0.2, -0.15) is 4.99 Å². The highest BCUT2D eigenvalue weighted by Crippen LogP contribution is 2.20. The van der Waals surface area contributed by atoms with E-state index >= 15 is 0 Å². The Morgan fingerprint density at radius 3 is 2.72 bits per heavy atom. The molecule has 3 rings (SSSR count). The number of fused-ring (bicyclic) bond motifs is 1. The number of nitrogens with zero attached hydrogens (tertiary/aromatic N) is 3. The maximum Gasteiger partial charge on any atom is 0.268 e. The first-order valence-electron chi connectivity index (χ1n) is 7.69. The first-order valence-corrected chi connectivity index (χ1v) is 8.50. The van der Waals surface area contributed by atoms with Gasteiger partial charge in [0.25, 0.3) is 5.91 Å². The Balaban J connectivity index is 1.97. The highest BCUT2D eigenvalue weighted by atomic mass is 32.1. The Bertz CT molecular complexity index is 902. The van der Waals surface area contributed by atoms with Gasteiger partial charge in [-0.25, -0.2) is 4.39 Å². The Kier molecular flexibility index (Phi) is 5.05. The van der Waals surface area contributed by atoms with Crippen molar-refractivity contribution >= 4 is 39.3 Å². The lowest BCUT2D eigenvalue weighted by Crippen LogP contribution is -2.34. The minimum Gasteiger partial charge on any atom is -0.383 e. The zero-order valence-electron chi connectivity index (χ0n) is 13.5. The number of carbonyl (C=O) groups is 3. The summed E-state index contributed by atoms with van der Waals surface area (Å²) in [5.74, 6) is -1.78. The molecule has 0 radical (unpaired) electrons. The molecular formula is C16H16FN3O4S. The van der Waals surface area contributed by atoms with Crippen molar-refractivity contribution in [2.45, 2.75) is 19.4 Å². The van der Waals surface area contributed by atoms with Gasteiger partial charge < -0.3 is 9.30 Å². The molecule has 7 nitrogen and oxygen atoms in total. The van der Waals surface area contributed by atoms with E-state index in [1.54, 1.807) is 16.7 Å². The number of para-hydroxylation sites is 1. The number of imide groups is 1. The molecule has 1 aromatic carbocycles. The molecule has 3 amide bonds. The van der Waals surface area contributed by atoms with Gasteiger partial charge in [0.1, 0.15) is 12.4 Å². The fourth-order valence-electron chi connectivity index (χ4n) is 2.64. The highest BCUT2D eigenvalue weighted by molar-refractivity contribution is 7.16. The zero-order chi connectivity index (χ0) is 18.0. The van der Waals surface area contributed by atoms with Gasteiger partial charge >= 0.3 is 0 Å². The number of ether oxygens (including phenoxy) is 1. The molecule has 0 unspecified atom stereocenters. The predicted molar refractivity (Wildman–Crippen MR) is 88.2 cm³/mol. The smallest absolute Gasteiger partial charge is 0.268 e. The van der Waals surface area contributed by atoms with Gasteiger partial charge in [0.15, 0.2) is 4.80 Å². The van der Waals surface area contributed by atoms with E-state index in [2.05, 4.69) is 4.99 Å². The Morgan fingerprint density at radius 1 is 1.32 bits per heavy atom. The first kappa shape index (κ1) is 17.4. The van der Waals surface area contributed by atoms with Crippen LogP contribution in [0, 0.1) is 5.82 Å². The molecule has 2 aromatic rings. The van der Waals surface area contributed by atoms with E-state index in [4.69, 9.17) is 4.74 Å². The third kappa shape index (κ3) is 3.52. The summed E-state index contributed by atoms with van der Waals surface area (Å²) in [5, 5.41) is 0. The highest BCUT2D eigenvalue weighted by Gasteiger charge is 2.30. The van der Waals surface area contributed by atoms with E-state index in [9.17, 15) is 18.8 Å². The predicted octanol–water partition coefficient (Wildman–Crippen LogP) is 1.06. The zero-order valence-corrected chi connectivity index (χ0v) is 14.3. The summed E-state index contributed by atoms with van der Waals surface area (Å²) < 4.78 is 21.4. The summed E-state index contributed by atoms with van der Waals surface area (Å²) in [4.78, 5) is 40.6. The van der Waals surface area contributed by atoms with Crippen LogP contribution in [0.5, 0.6) is 0 Å². The van der Waals surface area contributed by atoms with Gasteiger partial charge in [0.2, 0.25) is 11.8 Å². The third-order valence-corrected chi connectivity index (χ3v) is 4.88. The number of aromatic nitrogens is 1. The molecule has 1 saturated heterocycles. The molecule has 0 spiro atoms. The lowest BCUT2D eigenvalue weighted by atomic mass is 10.3. The van der Waals surface area contributed by atoms with Crippen LogP contribution in [0.2, 0.25) is 0 Å². The van der Waals surface area contributed by atoms with Gasteiger partial charge in [0, 0.05) is 26.5 Å². The van der Waals surface area contributed by atoms with E-state index in [-0.39, 0.29) is 24.7 Å². The Morgan fingerprint density at radius 2 is 2.04 bits per heavy atom. The standard InChI is InChI=1S/C16H16FN3O4S/c1-24-8-7-19-15-10(17)3-2-4-11(15)25-16(19)18-12(21)9-20-13(22)5-6-14(20)23/h2-4H,5-9H2,1H3. The molecule has 2 heterocycles. The lowest BCUT2D eigenvalue weighted by molar-refractivity contribution is -0.141. The van der Waals surface area contributed by atoms with Crippen LogP contribution in [0.15, 0.2) is 23.2 Å². The van der Waals surface area contributed by atoms with Crippen LogP contribution in [0.4, 0.5) is 4.39 Å². The SMILES string of the molecule is COCCn1c(=NC(=O)CN2C(=O)CCC2=O)sc2cccc(F)c21. The van der Waals surface area contributed by atoms with Crippen molar-refractivity contribution < 1.29 is 23.5 Å². The van der Waals surface area contributed by atoms with Crippen LogP contribution < -0.4 is 4.80 Å². The van der Waals surface area contributed by atoms with Crippen molar-refractivity contribution in [2.24, 2.45) is 4.99 Å². The van der Waals surface area contributed by atoms with Crippen molar-refractivity contribution in [1.82, 2.24) is 9.47 Å². The maximum atomic E-state index is 14.2. The van der Waals surface area contributed by atoms with Crippen LogP contribution in [0.25, 0.3) is 10.2 Å². The average Bonchev–Trinajstić information content (AvgIpc) is 3.08. The molecule has 0 aliphatic carbocycles. The molecular weight excluding hydrogens is 349 g/mol. The average molecular weight is 365 g/mol. The first-order chi connectivity index (χ1) is 12.0. The van der Waals surface area contributed by atoms with Crippen molar-refractivity contribution in [3.8, 4) is 0 Å². The fraction of sp³-hybridized carbons (Fsp3) is 0.375. The van der Waals surface area contributed by atoms with Crippen molar-refractivity contribution in [3.05, 3.63) is 28.8 Å². The molecule has 0 bridgehead atoms. The number of carbonyl (C=O) groups excluding carboxylic acids is 3. The minimum absolute atomic E-state index is 0.119. The number of halogens is 1. The van der Waals surface area contributed by atoms with Crippen LogP contribution in [-0.2, 0) is 25.7 Å². The molecule has 0 saturated carbocycles. The summed E-state index contributed by atoms with van der Waals surface area (Å²) in [7, 11) is 1.53. The number of hydrogen-bond donors (Lipinski definition) is 0. The Hall–Kier alpha value is -2.39. The topological polar surface area (TPSA) is 81.0 Å². The number of methoxy groups -OCH3 is 1. The second kappa shape index (κ2) is 7.24. The second-order valence-corrected chi connectivity index (χ2v) is 6.50. The maximum absolute atomic E-state index is 14.2. The van der Waals surface area contributed by atoms with E-state index < -0.39 is 18.3 Å². The molecule has 0 atom stereocenters. The van der Waals surface area contributed by atoms with E-state index in [1.807, 2.05) is 0 Å². The third-order valence-electron chi connectivity index (χ3n) is 3.84. The Labute approximate surface area is 146 Å². The molecule has 1 aromatic heterocycles. The number of hydrogen-bond acceptors (Lipinski definition) is 5. The number of likely N-dealkylation sites (tertiary alicyclic amines) is 1. The van der Waals surface area contributed by atoms with Gasteiger partial charge in [-0.3, -0.25) is 19.3 Å². The molecule has 1 aliphatic rings. The van der Waals surface area contributed by atoms with Crippen molar-refractivity contribution in [3.63, 3.8) is 0 Å². The van der Waals surface area contributed by atoms with Gasteiger partial charge in [-0.1, -0.05) is 17.4 Å². The van der Waals surface area contributed by atoms with Crippen LogP contribution >= 0.6 is 11.3 Å². The molecule has 132 valence electrons. The number of rotatable bonds is 5. The lowest BCUT2D eigenvalue weighted by Gasteiger charge is -2.10. The van der Waals surface area contributed by atoms with Crippen LogP contribution in [0.3, 0.4) is 0 Å². The largest absolute Gasteiger partial charge is 0.383 e. The number of amides is 3. The van der Waals surface area contributed by atoms with Crippen LogP contribution in [0.1, 0.15) is 12.8 Å². The quantitative estimate of drug-likeness (QED) is 0.742. The van der Waals surface area contributed by atoms with Crippen LogP contribution in [-0.4, -0.2) is 47.4 Å². The van der Waals surface area contributed by atoms with Crippen molar-refractivity contribution in [1.29, 1.82) is 0 Å². The van der Waals surface area contributed by atoms with E-state index in [0.29, 0.717) is 28.2 Å². The number of benzene rings is 1. The molecule has 1 fully saturated rings.